The van der Waals surface area contributed by atoms with E-state index in [1.807, 2.05) is 6.07 Å². The van der Waals surface area contributed by atoms with Crippen molar-refractivity contribution in [2.24, 2.45) is 0 Å². The number of amides is 3. The van der Waals surface area contributed by atoms with Crippen molar-refractivity contribution < 1.29 is 14.7 Å². The summed E-state index contributed by atoms with van der Waals surface area (Å²) in [6, 6.07) is 1.90. The van der Waals surface area contributed by atoms with Gasteiger partial charge in [-0.05, 0) is 31.8 Å². The molecule has 2 saturated heterocycles. The lowest BCUT2D eigenvalue weighted by Crippen LogP contribution is -2.33. The number of nitrogens with zero attached hydrogens (tertiary/aromatic N) is 4. The van der Waals surface area contributed by atoms with E-state index >= 15 is 0 Å². The summed E-state index contributed by atoms with van der Waals surface area (Å²) < 4.78 is 1.72. The Kier molecular flexibility index (Phi) is 3.93. The van der Waals surface area contributed by atoms with E-state index in [4.69, 9.17) is 4.98 Å². The lowest BCUT2D eigenvalue weighted by Gasteiger charge is -2.25. The molecule has 3 fully saturated rings. The molecule has 0 radical (unpaired) electrons. The molecule has 4 N–H and O–H groups in total. The van der Waals surface area contributed by atoms with Gasteiger partial charge in [-0.2, -0.15) is 9.61 Å². The van der Waals surface area contributed by atoms with Crippen LogP contribution in [0.2, 0.25) is 0 Å². The number of hydrogen-bond donors (Lipinski definition) is 4. The first kappa shape index (κ1) is 17.0. The maximum atomic E-state index is 11.9. The monoisotopic (exact) mass is 383 g/mol. The van der Waals surface area contributed by atoms with E-state index in [2.05, 4.69) is 25.9 Å². The first-order valence-electron chi connectivity index (χ1n) is 9.49. The molecule has 3 amide bonds. The Morgan fingerprint density at radius 1 is 1.29 bits per heavy atom. The van der Waals surface area contributed by atoms with Crippen LogP contribution in [-0.4, -0.2) is 56.9 Å². The second kappa shape index (κ2) is 6.48. The molecule has 3 aliphatic rings. The van der Waals surface area contributed by atoms with Crippen LogP contribution < -0.4 is 20.9 Å². The van der Waals surface area contributed by atoms with Crippen LogP contribution in [0.1, 0.15) is 31.2 Å². The van der Waals surface area contributed by atoms with Crippen molar-refractivity contribution in [3.8, 4) is 0 Å². The highest BCUT2D eigenvalue weighted by Gasteiger charge is 2.29. The number of aliphatic hydroxyl groups excluding tert-OH is 1. The molecule has 2 aromatic heterocycles. The molecule has 1 saturated carbocycles. The van der Waals surface area contributed by atoms with Gasteiger partial charge in [0.1, 0.15) is 17.3 Å². The van der Waals surface area contributed by atoms with Gasteiger partial charge in [0, 0.05) is 24.2 Å². The minimum atomic E-state index is -0.541. The summed E-state index contributed by atoms with van der Waals surface area (Å²) in [4.78, 5) is 30.1. The molecule has 10 nitrogen and oxygen atoms in total. The van der Waals surface area contributed by atoms with E-state index in [0.717, 1.165) is 43.9 Å². The van der Waals surface area contributed by atoms with E-state index in [-0.39, 0.29) is 18.3 Å². The van der Waals surface area contributed by atoms with Crippen LogP contribution in [-0.2, 0) is 4.79 Å². The van der Waals surface area contributed by atoms with Crippen molar-refractivity contribution in [1.29, 1.82) is 0 Å². The third-order valence-corrected chi connectivity index (χ3v) is 5.32. The molecule has 4 heterocycles. The minimum absolute atomic E-state index is 0.0494. The third-order valence-electron chi connectivity index (χ3n) is 5.32. The van der Waals surface area contributed by atoms with Gasteiger partial charge in [-0.3, -0.25) is 10.1 Å². The number of carbonyl (C=O) groups is 2. The summed E-state index contributed by atoms with van der Waals surface area (Å²) in [6.45, 7) is 0.918. The molecule has 2 aliphatic heterocycles. The SMILES string of the molecule is O=C1NC(=O)/C(=C/c2cnn3c(NC4CC4)cc(N4CCCC4CO)nc23)N1. The van der Waals surface area contributed by atoms with Crippen LogP contribution in [0.25, 0.3) is 11.7 Å². The van der Waals surface area contributed by atoms with Crippen LogP contribution in [0.4, 0.5) is 16.4 Å². The number of imide groups is 1. The Labute approximate surface area is 160 Å². The number of fused-ring (bicyclic) bond motifs is 1. The molecular formula is C18H21N7O3. The molecule has 10 heteroatoms. The standard InChI is InChI=1S/C18H21N7O3/c26-9-12-2-1-5-24(12)14-7-15(20-11-3-4-11)25-16(22-14)10(8-19-25)6-13-17(27)23-18(28)21-13/h6-8,11-12,20,26H,1-5,9H2,(H2,21,23,27,28)/b13-6-. The van der Waals surface area contributed by atoms with E-state index in [9.17, 15) is 14.7 Å². The second-order valence-corrected chi connectivity index (χ2v) is 7.39. The van der Waals surface area contributed by atoms with Crippen molar-refractivity contribution in [2.75, 3.05) is 23.4 Å². The molecule has 1 atom stereocenters. The smallest absolute Gasteiger partial charge is 0.326 e. The molecule has 5 rings (SSSR count). The lowest BCUT2D eigenvalue weighted by molar-refractivity contribution is -0.115. The zero-order valence-electron chi connectivity index (χ0n) is 15.2. The highest BCUT2D eigenvalue weighted by Crippen LogP contribution is 2.31. The average molecular weight is 383 g/mol. The van der Waals surface area contributed by atoms with E-state index in [0.29, 0.717) is 17.3 Å². The van der Waals surface area contributed by atoms with Gasteiger partial charge >= 0.3 is 6.03 Å². The molecule has 0 spiro atoms. The number of hydrogen-bond acceptors (Lipinski definition) is 7. The summed E-state index contributed by atoms with van der Waals surface area (Å²) >= 11 is 0. The fourth-order valence-corrected chi connectivity index (χ4v) is 3.72. The fourth-order valence-electron chi connectivity index (χ4n) is 3.72. The van der Waals surface area contributed by atoms with E-state index < -0.39 is 11.9 Å². The molecule has 1 aliphatic carbocycles. The Balaban J connectivity index is 1.60. The Morgan fingerprint density at radius 3 is 2.86 bits per heavy atom. The highest BCUT2D eigenvalue weighted by molar-refractivity contribution is 6.14. The Bertz CT molecular complexity index is 994. The summed E-state index contributed by atoms with van der Waals surface area (Å²) in [7, 11) is 0. The summed E-state index contributed by atoms with van der Waals surface area (Å²) in [5, 5.41) is 22.3. The number of nitrogens with one attached hydrogen (secondary N) is 3. The van der Waals surface area contributed by atoms with Crippen molar-refractivity contribution in [3.63, 3.8) is 0 Å². The Morgan fingerprint density at radius 2 is 2.14 bits per heavy atom. The van der Waals surface area contributed by atoms with Crippen LogP contribution in [0.3, 0.4) is 0 Å². The summed E-state index contributed by atoms with van der Waals surface area (Å²) in [6.07, 6.45) is 7.37. The van der Waals surface area contributed by atoms with Gasteiger partial charge in [0.2, 0.25) is 0 Å². The topological polar surface area (TPSA) is 124 Å². The maximum absolute atomic E-state index is 11.9. The molecule has 1 unspecified atom stereocenters. The third kappa shape index (κ3) is 2.95. The number of aromatic nitrogens is 3. The highest BCUT2D eigenvalue weighted by atomic mass is 16.3. The van der Waals surface area contributed by atoms with Crippen LogP contribution in [0.15, 0.2) is 18.0 Å². The normalized spacial score (nSPS) is 23.5. The van der Waals surface area contributed by atoms with Gasteiger partial charge in [0.15, 0.2) is 5.65 Å². The predicted octanol–water partition coefficient (Wildman–Crippen LogP) is 0.445. The zero-order chi connectivity index (χ0) is 19.3. The number of anilines is 2. The van der Waals surface area contributed by atoms with Gasteiger partial charge in [-0.1, -0.05) is 0 Å². The van der Waals surface area contributed by atoms with Gasteiger partial charge in [-0.15, -0.1) is 0 Å². The van der Waals surface area contributed by atoms with Crippen molar-refractivity contribution in [3.05, 3.63) is 23.5 Å². The molecule has 146 valence electrons. The van der Waals surface area contributed by atoms with Crippen LogP contribution in [0, 0.1) is 0 Å². The van der Waals surface area contributed by atoms with Gasteiger partial charge in [-0.25, -0.2) is 9.78 Å². The van der Waals surface area contributed by atoms with Crippen LogP contribution in [0.5, 0.6) is 0 Å². The van der Waals surface area contributed by atoms with Crippen molar-refractivity contribution in [2.45, 2.75) is 37.8 Å². The minimum Gasteiger partial charge on any atom is -0.394 e. The first-order chi connectivity index (χ1) is 13.6. The summed E-state index contributed by atoms with van der Waals surface area (Å²) in [5.41, 5.74) is 1.39. The first-order valence-corrected chi connectivity index (χ1v) is 9.49. The molecule has 2 aromatic rings. The number of carbonyl (C=O) groups excluding carboxylic acids is 2. The molecular weight excluding hydrogens is 362 g/mol. The average Bonchev–Trinajstić information content (AvgIpc) is 3.08. The number of rotatable bonds is 5. The van der Waals surface area contributed by atoms with Crippen molar-refractivity contribution in [1.82, 2.24) is 25.2 Å². The van der Waals surface area contributed by atoms with Gasteiger partial charge in [0.25, 0.3) is 5.91 Å². The predicted molar refractivity (Wildman–Crippen MR) is 102 cm³/mol. The number of aliphatic hydroxyl groups is 1. The largest absolute Gasteiger partial charge is 0.394 e. The molecule has 0 bridgehead atoms. The Hall–Kier alpha value is -3.14. The number of urea groups is 1. The van der Waals surface area contributed by atoms with Gasteiger partial charge < -0.3 is 20.6 Å². The molecule has 0 aromatic carbocycles. The quantitative estimate of drug-likeness (QED) is 0.436. The van der Waals surface area contributed by atoms with Crippen molar-refractivity contribution >= 4 is 35.3 Å². The fraction of sp³-hybridized carbons (Fsp3) is 0.444. The summed E-state index contributed by atoms with van der Waals surface area (Å²) in [5.74, 6) is 1.12. The van der Waals surface area contributed by atoms with E-state index in [1.54, 1.807) is 16.8 Å². The van der Waals surface area contributed by atoms with Gasteiger partial charge in [0.05, 0.1) is 18.8 Å². The lowest BCUT2D eigenvalue weighted by atomic mass is 10.2. The second-order valence-electron chi connectivity index (χ2n) is 7.39. The van der Waals surface area contributed by atoms with Crippen LogP contribution >= 0.6 is 0 Å². The maximum Gasteiger partial charge on any atom is 0.326 e. The zero-order valence-corrected chi connectivity index (χ0v) is 15.2. The van der Waals surface area contributed by atoms with E-state index in [1.165, 1.54) is 0 Å². The molecule has 28 heavy (non-hydrogen) atoms.